The molecule has 0 spiro atoms. The van der Waals surface area contributed by atoms with E-state index in [1.165, 1.54) is 12.3 Å². The van der Waals surface area contributed by atoms with E-state index >= 15 is 0 Å². The number of amides is 2. The fourth-order valence-corrected chi connectivity index (χ4v) is 1.99. The van der Waals surface area contributed by atoms with Crippen molar-refractivity contribution in [2.24, 2.45) is 5.10 Å². The zero-order valence-corrected chi connectivity index (χ0v) is 14.0. The van der Waals surface area contributed by atoms with Crippen LogP contribution in [0.25, 0.3) is 0 Å². The van der Waals surface area contributed by atoms with Crippen LogP contribution in [0.2, 0.25) is 5.02 Å². The molecule has 0 bridgehead atoms. The number of halogens is 1. The summed E-state index contributed by atoms with van der Waals surface area (Å²) in [7, 11) is 0. The van der Waals surface area contributed by atoms with E-state index in [4.69, 9.17) is 16.3 Å². The molecule has 0 atom stereocenters. The van der Waals surface area contributed by atoms with Crippen LogP contribution in [0.15, 0.2) is 53.6 Å². The van der Waals surface area contributed by atoms with Crippen LogP contribution >= 0.6 is 11.6 Å². The first kappa shape index (κ1) is 18.9. The van der Waals surface area contributed by atoms with Crippen molar-refractivity contribution in [3.05, 3.63) is 59.1 Å². The van der Waals surface area contributed by atoms with Crippen molar-refractivity contribution >= 4 is 41.3 Å². The fourth-order valence-electron chi connectivity index (χ4n) is 1.81. The summed E-state index contributed by atoms with van der Waals surface area (Å²) >= 11 is 5.89. The lowest BCUT2D eigenvalue weighted by molar-refractivity contribution is -0.307. The van der Waals surface area contributed by atoms with Crippen molar-refractivity contribution in [3.8, 4) is 5.75 Å². The summed E-state index contributed by atoms with van der Waals surface area (Å²) in [6, 6.07) is 12.9. The minimum atomic E-state index is -1.37. The standard InChI is InChI=1S/C17H14ClN3O5/c18-12-6-2-3-7-13(12)20-16(24)17(25)21-19-9-11-5-1-4-8-14(11)26-10-15(22)23/h1-9H,10H2,(H,20,24)(H,21,25)(H,22,23)/p-1/b19-9-. The van der Waals surface area contributed by atoms with Crippen LogP contribution in [-0.2, 0) is 14.4 Å². The van der Waals surface area contributed by atoms with Gasteiger partial charge in [0.25, 0.3) is 0 Å². The molecule has 0 saturated heterocycles. The van der Waals surface area contributed by atoms with Crippen LogP contribution in [0.4, 0.5) is 5.69 Å². The van der Waals surface area contributed by atoms with Crippen LogP contribution < -0.4 is 20.6 Å². The maximum absolute atomic E-state index is 11.8. The molecule has 0 aliphatic heterocycles. The number of carbonyl (C=O) groups excluding carboxylic acids is 3. The number of hydrogen-bond acceptors (Lipinski definition) is 6. The Morgan fingerprint density at radius 3 is 2.50 bits per heavy atom. The molecule has 2 aromatic carbocycles. The number of nitrogens with one attached hydrogen (secondary N) is 2. The molecule has 9 heteroatoms. The van der Waals surface area contributed by atoms with Gasteiger partial charge < -0.3 is 20.0 Å². The molecule has 0 aliphatic carbocycles. The number of ether oxygens (including phenoxy) is 1. The molecule has 2 aromatic rings. The molecule has 0 heterocycles. The quantitative estimate of drug-likeness (QED) is 0.435. The van der Waals surface area contributed by atoms with Gasteiger partial charge in [0, 0.05) is 5.56 Å². The number of aliphatic carboxylic acids is 1. The highest BCUT2D eigenvalue weighted by Crippen LogP contribution is 2.20. The SMILES string of the molecule is O=C([O-])COc1ccccc1/C=N\NC(=O)C(=O)Nc1ccccc1Cl. The summed E-state index contributed by atoms with van der Waals surface area (Å²) < 4.78 is 5.04. The number of rotatable bonds is 6. The minimum absolute atomic E-state index is 0.232. The molecular weight excluding hydrogens is 362 g/mol. The molecule has 0 saturated carbocycles. The average Bonchev–Trinajstić information content (AvgIpc) is 2.62. The maximum atomic E-state index is 11.8. The Hall–Kier alpha value is -3.39. The van der Waals surface area contributed by atoms with E-state index in [0.29, 0.717) is 11.3 Å². The second-order valence-corrected chi connectivity index (χ2v) is 5.24. The average molecular weight is 375 g/mol. The topological polar surface area (TPSA) is 120 Å². The second-order valence-electron chi connectivity index (χ2n) is 4.83. The first-order valence-corrected chi connectivity index (χ1v) is 7.65. The Kier molecular flexibility index (Phi) is 6.69. The maximum Gasteiger partial charge on any atom is 0.329 e. The Bertz CT molecular complexity index is 854. The van der Waals surface area contributed by atoms with Crippen molar-refractivity contribution in [1.29, 1.82) is 0 Å². The summed E-state index contributed by atoms with van der Waals surface area (Å²) in [5, 5.41) is 16.7. The predicted molar refractivity (Wildman–Crippen MR) is 92.8 cm³/mol. The summed E-state index contributed by atoms with van der Waals surface area (Å²) in [4.78, 5) is 34.0. The van der Waals surface area contributed by atoms with E-state index in [0.717, 1.165) is 0 Å². The number of carboxylic acid groups (broad SMARTS) is 1. The molecule has 0 unspecified atom stereocenters. The van der Waals surface area contributed by atoms with Gasteiger partial charge in [-0.3, -0.25) is 9.59 Å². The predicted octanol–water partition coefficient (Wildman–Crippen LogP) is 0.557. The molecule has 0 radical (unpaired) electrons. The van der Waals surface area contributed by atoms with E-state index in [-0.39, 0.29) is 10.8 Å². The second kappa shape index (κ2) is 9.19. The van der Waals surface area contributed by atoms with E-state index in [2.05, 4.69) is 15.8 Å². The van der Waals surface area contributed by atoms with Gasteiger partial charge in [0.2, 0.25) is 0 Å². The fraction of sp³-hybridized carbons (Fsp3) is 0.0588. The number of benzene rings is 2. The number of carboxylic acids is 1. The zero-order chi connectivity index (χ0) is 18.9. The molecule has 2 rings (SSSR count). The van der Waals surface area contributed by atoms with Crippen LogP contribution in [0.3, 0.4) is 0 Å². The smallest absolute Gasteiger partial charge is 0.329 e. The van der Waals surface area contributed by atoms with Gasteiger partial charge in [-0.15, -0.1) is 0 Å². The highest BCUT2D eigenvalue weighted by atomic mass is 35.5. The highest BCUT2D eigenvalue weighted by molar-refractivity contribution is 6.41. The first-order chi connectivity index (χ1) is 12.5. The van der Waals surface area contributed by atoms with Crippen LogP contribution in [0.1, 0.15) is 5.56 Å². The Balaban J connectivity index is 1.95. The van der Waals surface area contributed by atoms with Crippen molar-refractivity contribution in [2.45, 2.75) is 0 Å². The molecule has 26 heavy (non-hydrogen) atoms. The van der Waals surface area contributed by atoms with Gasteiger partial charge in [-0.25, -0.2) is 5.43 Å². The van der Waals surface area contributed by atoms with E-state index < -0.39 is 24.4 Å². The van der Waals surface area contributed by atoms with Gasteiger partial charge in [-0.05, 0) is 24.3 Å². The summed E-state index contributed by atoms with van der Waals surface area (Å²) in [5.74, 6) is -3.09. The zero-order valence-electron chi connectivity index (χ0n) is 13.3. The number of anilines is 1. The normalized spacial score (nSPS) is 10.3. The third-order valence-corrected chi connectivity index (χ3v) is 3.29. The molecule has 0 fully saturated rings. The third kappa shape index (κ3) is 5.60. The molecule has 2 amide bonds. The van der Waals surface area contributed by atoms with Crippen molar-refractivity contribution < 1.29 is 24.2 Å². The Morgan fingerprint density at radius 1 is 1.08 bits per heavy atom. The number of hydrogen-bond donors (Lipinski definition) is 2. The van der Waals surface area contributed by atoms with Gasteiger partial charge >= 0.3 is 11.8 Å². The number of nitrogens with zero attached hydrogens (tertiary/aromatic N) is 1. The van der Waals surface area contributed by atoms with Gasteiger partial charge in [-0.2, -0.15) is 5.10 Å². The van der Waals surface area contributed by atoms with Crippen LogP contribution in [0.5, 0.6) is 5.75 Å². The van der Waals surface area contributed by atoms with Crippen molar-refractivity contribution in [1.82, 2.24) is 5.43 Å². The number of carbonyl (C=O) groups is 3. The lowest BCUT2D eigenvalue weighted by Crippen LogP contribution is -2.32. The Labute approximate surface area is 153 Å². The molecular formula is C17H13ClN3O5-. The molecule has 134 valence electrons. The molecule has 8 nitrogen and oxygen atoms in total. The summed E-state index contributed by atoms with van der Waals surface area (Å²) in [6.45, 7) is -0.628. The molecule has 0 aliphatic rings. The lowest BCUT2D eigenvalue weighted by Gasteiger charge is -2.09. The largest absolute Gasteiger partial charge is 0.546 e. The third-order valence-electron chi connectivity index (χ3n) is 2.96. The van der Waals surface area contributed by atoms with Crippen LogP contribution in [0, 0.1) is 0 Å². The number of para-hydroxylation sites is 2. The molecule has 0 aromatic heterocycles. The lowest BCUT2D eigenvalue weighted by atomic mass is 10.2. The summed E-state index contributed by atoms with van der Waals surface area (Å²) in [5.41, 5.74) is 2.75. The highest BCUT2D eigenvalue weighted by Gasteiger charge is 2.14. The van der Waals surface area contributed by atoms with E-state index in [1.54, 1.807) is 42.5 Å². The first-order valence-electron chi connectivity index (χ1n) is 7.28. The number of hydrazone groups is 1. The van der Waals surface area contributed by atoms with Crippen molar-refractivity contribution in [3.63, 3.8) is 0 Å². The minimum Gasteiger partial charge on any atom is -0.546 e. The summed E-state index contributed by atoms with van der Waals surface area (Å²) in [6.07, 6.45) is 1.21. The van der Waals surface area contributed by atoms with Gasteiger partial charge in [0.15, 0.2) is 0 Å². The van der Waals surface area contributed by atoms with E-state index in [1.807, 2.05) is 0 Å². The van der Waals surface area contributed by atoms with Gasteiger partial charge in [-0.1, -0.05) is 35.9 Å². The van der Waals surface area contributed by atoms with E-state index in [9.17, 15) is 19.5 Å². The molecule has 2 N–H and O–H groups in total. The van der Waals surface area contributed by atoms with Gasteiger partial charge in [0.1, 0.15) is 12.4 Å². The van der Waals surface area contributed by atoms with Crippen LogP contribution in [-0.4, -0.2) is 30.6 Å². The Morgan fingerprint density at radius 2 is 1.77 bits per heavy atom. The van der Waals surface area contributed by atoms with Gasteiger partial charge in [0.05, 0.1) is 22.9 Å². The van der Waals surface area contributed by atoms with Crippen molar-refractivity contribution in [2.75, 3.05) is 11.9 Å². The monoisotopic (exact) mass is 374 g/mol.